The Labute approximate surface area is 169 Å². The predicted molar refractivity (Wildman–Crippen MR) is 113 cm³/mol. The van der Waals surface area contributed by atoms with Crippen LogP contribution in [0.1, 0.15) is 28.8 Å². The van der Waals surface area contributed by atoms with E-state index in [9.17, 15) is 4.79 Å². The van der Waals surface area contributed by atoms with Crippen LogP contribution in [0.15, 0.2) is 29.4 Å². The molecule has 0 radical (unpaired) electrons. The van der Waals surface area contributed by atoms with Crippen molar-refractivity contribution < 1.29 is 9.53 Å². The van der Waals surface area contributed by atoms with Crippen molar-refractivity contribution in [3.63, 3.8) is 0 Å². The van der Waals surface area contributed by atoms with Gasteiger partial charge in [-0.3, -0.25) is 9.79 Å². The van der Waals surface area contributed by atoms with Crippen LogP contribution in [0.5, 0.6) is 5.75 Å². The van der Waals surface area contributed by atoms with Crippen molar-refractivity contribution in [2.75, 3.05) is 31.6 Å². The van der Waals surface area contributed by atoms with Gasteiger partial charge >= 0.3 is 0 Å². The number of aromatic nitrogens is 1. The lowest BCUT2D eigenvalue weighted by atomic mass is 10.0. The van der Waals surface area contributed by atoms with E-state index in [2.05, 4.69) is 32.9 Å². The van der Waals surface area contributed by atoms with Crippen LogP contribution >= 0.6 is 11.3 Å². The molecule has 1 aromatic carbocycles. The molecule has 1 amide bonds. The Bertz CT molecular complexity index is 834. The first kappa shape index (κ1) is 20.1. The molecule has 0 aliphatic carbocycles. The van der Waals surface area contributed by atoms with Crippen molar-refractivity contribution in [2.45, 2.75) is 33.1 Å². The molecule has 3 rings (SSSR count). The lowest BCUT2D eigenvalue weighted by Gasteiger charge is -2.18. The number of nitrogens with zero attached hydrogens (tertiary/aromatic N) is 2. The Balaban J connectivity index is 1.43. The fourth-order valence-corrected chi connectivity index (χ4v) is 3.69. The summed E-state index contributed by atoms with van der Waals surface area (Å²) in [5.74, 6) is 1.68. The predicted octanol–water partition coefficient (Wildman–Crippen LogP) is 2.51. The van der Waals surface area contributed by atoms with Gasteiger partial charge in [-0.25, -0.2) is 4.98 Å². The smallest absolute Gasteiger partial charge is 0.224 e. The van der Waals surface area contributed by atoms with Gasteiger partial charge in [0.05, 0.1) is 11.6 Å². The number of ether oxygens (including phenoxy) is 1. The van der Waals surface area contributed by atoms with E-state index in [1.165, 1.54) is 4.88 Å². The molecule has 1 aromatic heterocycles. The van der Waals surface area contributed by atoms with E-state index in [0.29, 0.717) is 26.1 Å². The van der Waals surface area contributed by atoms with Crippen LogP contribution in [-0.2, 0) is 17.6 Å². The molecule has 0 bridgehead atoms. The maximum absolute atomic E-state index is 11.4. The summed E-state index contributed by atoms with van der Waals surface area (Å²) in [6, 6.07) is 5.80. The average Bonchev–Trinajstić information content (AvgIpc) is 3.10. The van der Waals surface area contributed by atoms with Crippen molar-refractivity contribution in [3.05, 3.63) is 39.8 Å². The van der Waals surface area contributed by atoms with Gasteiger partial charge < -0.3 is 20.7 Å². The number of anilines is 1. The minimum absolute atomic E-state index is 0.0746. The summed E-state index contributed by atoms with van der Waals surface area (Å²) < 4.78 is 5.84. The summed E-state index contributed by atoms with van der Waals surface area (Å²) in [6.45, 7) is 6.79. The lowest BCUT2D eigenvalue weighted by Crippen LogP contribution is -2.39. The van der Waals surface area contributed by atoms with Crippen molar-refractivity contribution in [3.8, 4) is 5.75 Å². The number of rotatable bonds is 8. The molecular formula is C20H27N5O2S. The summed E-state index contributed by atoms with van der Waals surface area (Å²) in [5, 5.41) is 10.5. The largest absolute Gasteiger partial charge is 0.492 e. The van der Waals surface area contributed by atoms with E-state index in [0.717, 1.165) is 47.4 Å². The number of nitrogens with one attached hydrogen (secondary N) is 3. The van der Waals surface area contributed by atoms with Crippen LogP contribution in [0, 0.1) is 6.92 Å². The monoisotopic (exact) mass is 401 g/mol. The number of hydrogen-bond acceptors (Lipinski definition) is 5. The zero-order valence-corrected chi connectivity index (χ0v) is 17.2. The third-order valence-electron chi connectivity index (χ3n) is 4.24. The highest BCUT2D eigenvalue weighted by Crippen LogP contribution is 2.26. The van der Waals surface area contributed by atoms with Gasteiger partial charge in [-0.2, -0.15) is 0 Å². The number of aryl methyl sites for hydroxylation is 2. The standard InChI is InChI=1S/C20H27N5O2S/c1-3-21-20(22-9-8-19-24-13-14(2)28-19)23-10-11-27-16-5-6-17-15(12-16)4-7-18(26)25-17/h5-6,12-13H,3-4,7-11H2,1-2H3,(H,25,26)(H2,21,22,23). The molecule has 0 fully saturated rings. The number of thiazole rings is 1. The van der Waals surface area contributed by atoms with Gasteiger partial charge in [0, 0.05) is 42.7 Å². The Morgan fingerprint density at radius 2 is 2.25 bits per heavy atom. The molecule has 0 unspecified atom stereocenters. The number of carbonyl (C=O) groups is 1. The molecule has 0 spiro atoms. The Hall–Kier alpha value is -2.61. The summed E-state index contributed by atoms with van der Waals surface area (Å²) in [5.41, 5.74) is 2.01. The zero-order valence-electron chi connectivity index (χ0n) is 16.4. The molecule has 2 aromatic rings. The third kappa shape index (κ3) is 5.95. The Morgan fingerprint density at radius 3 is 3.04 bits per heavy atom. The van der Waals surface area contributed by atoms with E-state index >= 15 is 0 Å². The molecule has 3 N–H and O–H groups in total. The van der Waals surface area contributed by atoms with Gasteiger partial charge in [-0.15, -0.1) is 11.3 Å². The van der Waals surface area contributed by atoms with Crippen LogP contribution in [-0.4, -0.2) is 43.1 Å². The molecule has 8 heteroatoms. The molecule has 7 nitrogen and oxygen atoms in total. The number of amides is 1. The van der Waals surface area contributed by atoms with Gasteiger partial charge in [0.1, 0.15) is 12.4 Å². The van der Waals surface area contributed by atoms with E-state index in [4.69, 9.17) is 4.74 Å². The van der Waals surface area contributed by atoms with Crippen molar-refractivity contribution >= 4 is 28.9 Å². The summed E-state index contributed by atoms with van der Waals surface area (Å²) >= 11 is 1.72. The van der Waals surface area contributed by atoms with Gasteiger partial charge in [-0.05, 0) is 44.0 Å². The van der Waals surface area contributed by atoms with Crippen LogP contribution in [0.25, 0.3) is 0 Å². The van der Waals surface area contributed by atoms with Crippen molar-refractivity contribution in [1.82, 2.24) is 15.6 Å². The highest BCUT2D eigenvalue weighted by atomic mass is 32.1. The summed E-state index contributed by atoms with van der Waals surface area (Å²) in [6.07, 6.45) is 4.03. The lowest BCUT2D eigenvalue weighted by molar-refractivity contribution is -0.116. The molecule has 0 saturated heterocycles. The maximum atomic E-state index is 11.4. The second-order valence-corrected chi connectivity index (χ2v) is 7.84. The van der Waals surface area contributed by atoms with Crippen LogP contribution < -0.4 is 20.7 Å². The number of guanidine groups is 1. The van der Waals surface area contributed by atoms with E-state index < -0.39 is 0 Å². The molecule has 0 atom stereocenters. The Morgan fingerprint density at radius 1 is 1.36 bits per heavy atom. The van der Waals surface area contributed by atoms with Crippen LogP contribution in [0.4, 0.5) is 5.69 Å². The second kappa shape index (κ2) is 10.1. The number of fused-ring (bicyclic) bond motifs is 1. The molecule has 1 aliphatic rings. The molecule has 0 saturated carbocycles. The fraction of sp³-hybridized carbons (Fsp3) is 0.450. The molecule has 150 valence electrons. The SMILES string of the molecule is CCNC(=NCCc1ncc(C)s1)NCCOc1ccc2c(c1)CCC(=O)N2. The van der Waals surface area contributed by atoms with Crippen molar-refractivity contribution in [2.24, 2.45) is 4.99 Å². The van der Waals surface area contributed by atoms with E-state index in [1.54, 1.807) is 11.3 Å². The molecule has 28 heavy (non-hydrogen) atoms. The summed E-state index contributed by atoms with van der Waals surface area (Å²) in [7, 11) is 0. The van der Waals surface area contributed by atoms with Crippen LogP contribution in [0.3, 0.4) is 0 Å². The topological polar surface area (TPSA) is 87.6 Å². The van der Waals surface area contributed by atoms with E-state index in [-0.39, 0.29) is 5.91 Å². The van der Waals surface area contributed by atoms with Crippen molar-refractivity contribution in [1.29, 1.82) is 0 Å². The molecule has 2 heterocycles. The number of benzene rings is 1. The highest BCUT2D eigenvalue weighted by molar-refractivity contribution is 7.11. The van der Waals surface area contributed by atoms with E-state index in [1.807, 2.05) is 31.3 Å². The fourth-order valence-electron chi connectivity index (χ4n) is 2.91. The summed E-state index contributed by atoms with van der Waals surface area (Å²) in [4.78, 5) is 21.6. The normalized spacial score (nSPS) is 13.6. The second-order valence-electron chi connectivity index (χ2n) is 6.52. The van der Waals surface area contributed by atoms with Gasteiger partial charge in [-0.1, -0.05) is 0 Å². The first-order valence-electron chi connectivity index (χ1n) is 9.63. The van der Waals surface area contributed by atoms with Gasteiger partial charge in [0.15, 0.2) is 5.96 Å². The minimum atomic E-state index is 0.0746. The quantitative estimate of drug-likeness (QED) is 0.359. The third-order valence-corrected chi connectivity index (χ3v) is 5.22. The first-order valence-corrected chi connectivity index (χ1v) is 10.4. The van der Waals surface area contributed by atoms with Crippen LogP contribution in [0.2, 0.25) is 0 Å². The first-order chi connectivity index (χ1) is 13.6. The average molecular weight is 402 g/mol. The Kier molecular flexibility index (Phi) is 7.25. The molecule has 1 aliphatic heterocycles. The van der Waals surface area contributed by atoms with Gasteiger partial charge in [0.25, 0.3) is 0 Å². The minimum Gasteiger partial charge on any atom is -0.492 e. The molecular weight excluding hydrogens is 374 g/mol. The zero-order chi connectivity index (χ0) is 19.8. The maximum Gasteiger partial charge on any atom is 0.224 e. The number of aliphatic imine (C=N–C) groups is 1. The number of carbonyl (C=O) groups excluding carboxylic acids is 1. The highest BCUT2D eigenvalue weighted by Gasteiger charge is 2.14. The van der Waals surface area contributed by atoms with Gasteiger partial charge in [0.2, 0.25) is 5.91 Å². The number of hydrogen-bond donors (Lipinski definition) is 3.